The van der Waals surface area contributed by atoms with Gasteiger partial charge in [0.15, 0.2) is 0 Å². The number of methoxy groups -OCH3 is 1. The van der Waals surface area contributed by atoms with Crippen molar-refractivity contribution in [2.75, 3.05) is 7.11 Å². The van der Waals surface area contributed by atoms with E-state index in [4.69, 9.17) is 0 Å². The van der Waals surface area contributed by atoms with Crippen LogP contribution < -0.4 is 0 Å². The van der Waals surface area contributed by atoms with Gasteiger partial charge in [0.1, 0.15) is 6.42 Å². The molecule has 0 unspecified atom stereocenters. The Labute approximate surface area is 109 Å². The number of hydrogen-bond acceptors (Lipinski definition) is 4. The van der Waals surface area contributed by atoms with Crippen molar-refractivity contribution in [3.63, 3.8) is 0 Å². The van der Waals surface area contributed by atoms with Crippen molar-refractivity contribution in [3.8, 4) is 9.75 Å². The molecule has 0 aliphatic carbocycles. The Morgan fingerprint density at radius 1 is 1.18 bits per heavy atom. The van der Waals surface area contributed by atoms with Crippen LogP contribution in [0.3, 0.4) is 0 Å². The smallest absolute Gasteiger partial charge is 0.310 e. The van der Waals surface area contributed by atoms with Gasteiger partial charge in [-0.1, -0.05) is 0 Å². The minimum atomic E-state index is -0.192. The van der Waals surface area contributed by atoms with Crippen LogP contribution in [0.2, 0.25) is 0 Å². The molecule has 2 rings (SSSR count). The van der Waals surface area contributed by atoms with E-state index in [0.717, 1.165) is 11.3 Å². The normalized spacial score (nSPS) is 10.4. The van der Waals surface area contributed by atoms with Crippen LogP contribution >= 0.6 is 22.7 Å². The molecule has 17 heavy (non-hydrogen) atoms. The fraction of sp³-hybridized carbons (Fsp3) is 0.231. The molecular formula is C13H13O2S2+. The molecule has 0 radical (unpaired) electrons. The van der Waals surface area contributed by atoms with E-state index >= 15 is 0 Å². The van der Waals surface area contributed by atoms with Crippen molar-refractivity contribution >= 4 is 28.6 Å². The average Bonchev–Trinajstić information content (AvgIpc) is 2.96. The molecule has 2 aromatic rings. The van der Waals surface area contributed by atoms with Crippen molar-refractivity contribution in [1.82, 2.24) is 0 Å². The van der Waals surface area contributed by atoms with Gasteiger partial charge in [0.2, 0.25) is 0 Å². The van der Waals surface area contributed by atoms with Crippen molar-refractivity contribution in [2.24, 2.45) is 0 Å². The highest BCUT2D eigenvalue weighted by Crippen LogP contribution is 2.33. The third-order valence-corrected chi connectivity index (χ3v) is 4.78. The highest BCUT2D eigenvalue weighted by atomic mass is 32.1. The molecular weight excluding hydrogens is 252 g/mol. The summed E-state index contributed by atoms with van der Waals surface area (Å²) in [5.74, 6) is -0.192. The lowest BCUT2D eigenvalue weighted by Gasteiger charge is -1.94. The number of thiophene rings is 2. The van der Waals surface area contributed by atoms with Crippen LogP contribution in [-0.2, 0) is 22.4 Å². The molecule has 2 heterocycles. The summed E-state index contributed by atoms with van der Waals surface area (Å²) >= 11 is 3.40. The van der Waals surface area contributed by atoms with Gasteiger partial charge >= 0.3 is 5.97 Å². The maximum Gasteiger partial charge on any atom is 0.310 e. The third kappa shape index (κ3) is 2.90. The van der Waals surface area contributed by atoms with Gasteiger partial charge in [0.05, 0.1) is 20.5 Å². The van der Waals surface area contributed by atoms with E-state index in [2.05, 4.69) is 29.9 Å². The van der Waals surface area contributed by atoms with E-state index < -0.39 is 0 Å². The predicted molar refractivity (Wildman–Crippen MR) is 72.4 cm³/mol. The number of hydrogen-bond donors (Lipinski definition) is 0. The zero-order valence-electron chi connectivity index (χ0n) is 9.56. The van der Waals surface area contributed by atoms with Crippen molar-refractivity contribution in [3.05, 3.63) is 40.9 Å². The van der Waals surface area contributed by atoms with Crippen molar-refractivity contribution in [2.45, 2.75) is 12.8 Å². The molecule has 0 fully saturated rings. The van der Waals surface area contributed by atoms with E-state index in [1.807, 2.05) is 6.07 Å². The first kappa shape index (κ1) is 12.2. The lowest BCUT2D eigenvalue weighted by Crippen LogP contribution is -2.02. The maximum atomic E-state index is 11.2. The first-order valence-corrected chi connectivity index (χ1v) is 6.90. The minimum Gasteiger partial charge on any atom is -0.469 e. The monoisotopic (exact) mass is 265 g/mol. The molecule has 0 aromatic carbocycles. The molecule has 0 amide bonds. The summed E-state index contributed by atoms with van der Waals surface area (Å²) in [6, 6.07) is 8.26. The quantitative estimate of drug-likeness (QED) is 0.624. The Morgan fingerprint density at radius 3 is 2.29 bits per heavy atom. The topological polar surface area (TPSA) is 26.3 Å². The Morgan fingerprint density at radius 2 is 1.76 bits per heavy atom. The number of carbonyl (C=O) groups is 1. The van der Waals surface area contributed by atoms with Crippen molar-refractivity contribution < 1.29 is 9.53 Å². The lowest BCUT2D eigenvalue weighted by atomic mass is 10.3. The van der Waals surface area contributed by atoms with Crippen LogP contribution in [0.15, 0.2) is 24.3 Å². The van der Waals surface area contributed by atoms with E-state index in [1.54, 1.807) is 22.7 Å². The van der Waals surface area contributed by atoms with Gasteiger partial charge in [-0.3, -0.25) is 4.79 Å². The second-order valence-corrected chi connectivity index (χ2v) is 5.87. The number of ether oxygens (including phenoxy) is 1. The lowest BCUT2D eigenvalue weighted by molar-refractivity contribution is -0.139. The van der Waals surface area contributed by atoms with Crippen LogP contribution in [0, 0.1) is 6.92 Å². The standard InChI is InChI=1S/C13H13O2S2/c1-3-9-4-6-11(16-9)12-7-5-10(17-12)8-13(14)15-2/h4-7H,1,3,8H2,2H3/q+1. The first-order chi connectivity index (χ1) is 8.22. The molecule has 0 atom stereocenters. The van der Waals surface area contributed by atoms with Gasteiger partial charge in [-0.15, -0.1) is 22.7 Å². The zero-order valence-corrected chi connectivity index (χ0v) is 11.2. The predicted octanol–water partition coefficient (Wildman–Crippen LogP) is 3.57. The molecule has 0 aliphatic rings. The molecule has 2 aromatic heterocycles. The Balaban J connectivity index is 2.14. The summed E-state index contributed by atoms with van der Waals surface area (Å²) in [5, 5.41) is 0. The zero-order chi connectivity index (χ0) is 12.3. The second-order valence-electron chi connectivity index (χ2n) is 3.53. The van der Waals surface area contributed by atoms with E-state index in [1.165, 1.54) is 21.7 Å². The molecule has 4 heteroatoms. The number of rotatable bonds is 4. The molecule has 0 aliphatic heterocycles. The summed E-state index contributed by atoms with van der Waals surface area (Å²) in [4.78, 5) is 15.9. The summed E-state index contributed by atoms with van der Waals surface area (Å²) in [6.45, 7) is 3.87. The molecule has 0 bridgehead atoms. The van der Waals surface area contributed by atoms with E-state index in [-0.39, 0.29) is 5.97 Å². The molecule has 0 spiro atoms. The highest BCUT2D eigenvalue weighted by Gasteiger charge is 2.09. The Bertz CT molecular complexity index is 511. The van der Waals surface area contributed by atoms with Gasteiger partial charge in [-0.2, -0.15) is 0 Å². The second kappa shape index (κ2) is 5.38. The number of esters is 1. The summed E-state index contributed by atoms with van der Waals surface area (Å²) in [7, 11) is 1.41. The van der Waals surface area contributed by atoms with Crippen LogP contribution in [0.25, 0.3) is 9.75 Å². The van der Waals surface area contributed by atoms with Gasteiger partial charge < -0.3 is 4.74 Å². The molecule has 2 nitrogen and oxygen atoms in total. The van der Waals surface area contributed by atoms with Crippen LogP contribution in [0.1, 0.15) is 9.75 Å². The van der Waals surface area contributed by atoms with Crippen LogP contribution in [0.5, 0.6) is 0 Å². The summed E-state index contributed by atoms with van der Waals surface area (Å²) in [5.41, 5.74) is 0. The van der Waals surface area contributed by atoms with Crippen LogP contribution in [0.4, 0.5) is 0 Å². The van der Waals surface area contributed by atoms with E-state index in [0.29, 0.717) is 6.42 Å². The molecule has 0 N–H and O–H groups in total. The molecule has 0 saturated heterocycles. The van der Waals surface area contributed by atoms with Gasteiger partial charge in [0, 0.05) is 19.5 Å². The highest BCUT2D eigenvalue weighted by molar-refractivity contribution is 7.22. The fourth-order valence-electron chi connectivity index (χ4n) is 1.46. The Kier molecular flexibility index (Phi) is 3.86. The largest absolute Gasteiger partial charge is 0.469 e. The SMILES string of the molecule is [CH2+]Cc1ccc(-c2ccc(CC(=O)OC)s2)s1. The van der Waals surface area contributed by atoms with Gasteiger partial charge in [-0.05, 0) is 24.3 Å². The number of carbonyl (C=O) groups excluding carboxylic acids is 1. The Hall–Kier alpha value is -1.26. The summed E-state index contributed by atoms with van der Waals surface area (Å²) < 4.78 is 4.65. The summed E-state index contributed by atoms with van der Waals surface area (Å²) in [6.07, 6.45) is 1.18. The fourth-order valence-corrected chi connectivity index (χ4v) is 3.45. The average molecular weight is 265 g/mol. The van der Waals surface area contributed by atoms with Gasteiger partial charge in [0.25, 0.3) is 0 Å². The maximum absolute atomic E-state index is 11.2. The minimum absolute atomic E-state index is 0.192. The van der Waals surface area contributed by atoms with Crippen molar-refractivity contribution in [1.29, 1.82) is 0 Å². The van der Waals surface area contributed by atoms with Gasteiger partial charge in [-0.25, -0.2) is 0 Å². The molecule has 0 saturated carbocycles. The first-order valence-electron chi connectivity index (χ1n) is 5.27. The molecule has 88 valence electrons. The third-order valence-electron chi connectivity index (χ3n) is 2.36. The van der Waals surface area contributed by atoms with Crippen LogP contribution in [-0.4, -0.2) is 13.1 Å². The van der Waals surface area contributed by atoms with E-state index in [9.17, 15) is 4.79 Å².